The lowest BCUT2D eigenvalue weighted by Crippen LogP contribution is -2.40. The van der Waals surface area contributed by atoms with Crippen LogP contribution < -0.4 is 9.64 Å². The summed E-state index contributed by atoms with van der Waals surface area (Å²) in [5.74, 6) is 1.21. The van der Waals surface area contributed by atoms with Crippen molar-refractivity contribution in [1.82, 2.24) is 9.88 Å². The van der Waals surface area contributed by atoms with Crippen LogP contribution in [0.3, 0.4) is 0 Å². The number of carbonyl (C=O) groups is 1. The number of ether oxygens (including phenoxy) is 2. The lowest BCUT2D eigenvalue weighted by atomic mass is 9.94. The molecule has 4 aliphatic rings. The van der Waals surface area contributed by atoms with E-state index in [0.29, 0.717) is 19.2 Å². The van der Waals surface area contributed by atoms with E-state index in [0.717, 1.165) is 93.3 Å². The van der Waals surface area contributed by atoms with Crippen LogP contribution in [-0.2, 0) is 29.0 Å². The summed E-state index contributed by atoms with van der Waals surface area (Å²) >= 11 is 0. The van der Waals surface area contributed by atoms with Gasteiger partial charge in [-0.2, -0.15) is 0 Å². The normalized spacial score (nSPS) is 24.1. The predicted octanol–water partition coefficient (Wildman–Crippen LogP) is 5.43. The molecule has 7 rings (SSSR count). The van der Waals surface area contributed by atoms with Gasteiger partial charge in [0, 0.05) is 51.0 Å². The van der Waals surface area contributed by atoms with Crippen molar-refractivity contribution < 1.29 is 19.4 Å². The fraction of sp³-hybridized carbons (Fsp3) is 0.486. The standard InChI is InChI=1S/C35H41N3O4/c1-23-6-9-32(30(18-23)31-4-3-5-33(36-31)38-20-27-19-35(27,22-38)34(39)40)42-21-26-8-7-25-10-14-37(15-11-29(25)24(26)2)28-12-16-41-17-13-28/h3-9,18,27-28H,10-17,19-22H2,1-2H3,(H,39,40)/t27?,35-/m0/s1. The smallest absolute Gasteiger partial charge is 0.311 e. The van der Waals surface area contributed by atoms with Gasteiger partial charge in [-0.3, -0.25) is 9.69 Å². The first-order chi connectivity index (χ1) is 20.4. The number of anilines is 1. The van der Waals surface area contributed by atoms with Gasteiger partial charge in [0.2, 0.25) is 0 Å². The largest absolute Gasteiger partial charge is 0.488 e. The predicted molar refractivity (Wildman–Crippen MR) is 163 cm³/mol. The van der Waals surface area contributed by atoms with Crippen LogP contribution in [0.2, 0.25) is 0 Å². The molecule has 2 atom stereocenters. The van der Waals surface area contributed by atoms with E-state index < -0.39 is 11.4 Å². The van der Waals surface area contributed by atoms with Crippen molar-refractivity contribution >= 4 is 11.8 Å². The molecule has 1 unspecified atom stereocenters. The van der Waals surface area contributed by atoms with Gasteiger partial charge in [0.25, 0.3) is 0 Å². The number of piperidine rings is 1. The molecule has 0 bridgehead atoms. The highest BCUT2D eigenvalue weighted by Gasteiger charge is 2.65. The molecule has 0 radical (unpaired) electrons. The van der Waals surface area contributed by atoms with E-state index in [2.05, 4.69) is 47.9 Å². The highest BCUT2D eigenvalue weighted by atomic mass is 16.5. The molecule has 3 aliphatic heterocycles. The summed E-state index contributed by atoms with van der Waals surface area (Å²) in [5.41, 5.74) is 7.94. The minimum atomic E-state index is -0.676. The van der Waals surface area contributed by atoms with E-state index in [4.69, 9.17) is 14.5 Å². The van der Waals surface area contributed by atoms with Gasteiger partial charge in [-0.05, 0) is 98.4 Å². The molecule has 0 spiro atoms. The highest BCUT2D eigenvalue weighted by Crippen LogP contribution is 2.58. The fourth-order valence-electron chi connectivity index (χ4n) is 7.51. The maximum atomic E-state index is 11.8. The molecule has 42 heavy (non-hydrogen) atoms. The van der Waals surface area contributed by atoms with E-state index in [1.54, 1.807) is 0 Å². The second-order valence-corrected chi connectivity index (χ2v) is 12.8. The number of carboxylic acid groups (broad SMARTS) is 1. The van der Waals surface area contributed by atoms with Crippen molar-refractivity contribution in [3.05, 3.63) is 76.3 Å². The summed E-state index contributed by atoms with van der Waals surface area (Å²) in [7, 11) is 0. The average Bonchev–Trinajstić information content (AvgIpc) is 3.66. The van der Waals surface area contributed by atoms with E-state index in [1.165, 1.54) is 22.3 Å². The third-order valence-electron chi connectivity index (χ3n) is 10.3. The molecular weight excluding hydrogens is 526 g/mol. The van der Waals surface area contributed by atoms with Gasteiger partial charge in [-0.25, -0.2) is 4.98 Å². The molecular formula is C35H41N3O4. The van der Waals surface area contributed by atoms with Gasteiger partial charge >= 0.3 is 5.97 Å². The lowest BCUT2D eigenvalue weighted by Gasteiger charge is -2.33. The minimum absolute atomic E-state index is 0.229. The van der Waals surface area contributed by atoms with Gasteiger partial charge in [-0.15, -0.1) is 0 Å². The molecule has 1 N–H and O–H groups in total. The van der Waals surface area contributed by atoms with Crippen molar-refractivity contribution in [3.8, 4) is 17.0 Å². The molecule has 2 saturated heterocycles. The lowest BCUT2D eigenvalue weighted by molar-refractivity contribution is -0.143. The molecule has 3 aromatic rings. The van der Waals surface area contributed by atoms with Crippen LogP contribution in [0.1, 0.15) is 47.1 Å². The molecule has 1 aliphatic carbocycles. The quantitative estimate of drug-likeness (QED) is 0.408. The molecule has 1 saturated carbocycles. The second kappa shape index (κ2) is 11.0. The van der Waals surface area contributed by atoms with Crippen molar-refractivity contribution in [2.45, 2.75) is 58.6 Å². The highest BCUT2D eigenvalue weighted by molar-refractivity contribution is 5.81. The van der Waals surface area contributed by atoms with Crippen LogP contribution in [0.25, 0.3) is 11.3 Å². The zero-order valence-corrected chi connectivity index (χ0v) is 24.8. The first-order valence-corrected chi connectivity index (χ1v) is 15.5. The molecule has 3 fully saturated rings. The topological polar surface area (TPSA) is 75.1 Å². The summed E-state index contributed by atoms with van der Waals surface area (Å²) in [6.45, 7) is 10.1. The van der Waals surface area contributed by atoms with E-state index in [9.17, 15) is 9.90 Å². The van der Waals surface area contributed by atoms with Crippen LogP contribution in [0.5, 0.6) is 5.75 Å². The van der Waals surface area contributed by atoms with Gasteiger partial charge in [-0.1, -0.05) is 29.8 Å². The number of rotatable bonds is 7. The summed E-state index contributed by atoms with van der Waals surface area (Å²) in [5, 5.41) is 9.73. The zero-order chi connectivity index (χ0) is 28.8. The Kier molecular flexibility index (Phi) is 7.19. The van der Waals surface area contributed by atoms with Gasteiger partial charge in [0.15, 0.2) is 0 Å². The van der Waals surface area contributed by atoms with E-state index in [1.807, 2.05) is 24.3 Å². The average molecular weight is 568 g/mol. The first kappa shape index (κ1) is 27.4. The molecule has 0 amide bonds. The number of hydrogen-bond donors (Lipinski definition) is 1. The number of pyridine rings is 1. The Labute approximate surface area is 248 Å². The number of carboxylic acids is 1. The maximum Gasteiger partial charge on any atom is 0.311 e. The van der Waals surface area contributed by atoms with Gasteiger partial charge < -0.3 is 19.5 Å². The number of aromatic nitrogens is 1. The van der Waals surface area contributed by atoms with Crippen LogP contribution in [0.4, 0.5) is 5.82 Å². The van der Waals surface area contributed by atoms with Crippen LogP contribution >= 0.6 is 0 Å². The van der Waals surface area contributed by atoms with Gasteiger partial charge in [0.1, 0.15) is 18.2 Å². The number of fused-ring (bicyclic) bond motifs is 2. The molecule has 2 aromatic carbocycles. The molecule has 4 heterocycles. The number of aryl methyl sites for hydroxylation is 1. The Balaban J connectivity index is 1.08. The maximum absolute atomic E-state index is 11.8. The van der Waals surface area contributed by atoms with Crippen LogP contribution in [0.15, 0.2) is 48.5 Å². The summed E-state index contributed by atoms with van der Waals surface area (Å²) in [4.78, 5) is 21.6. The number of benzene rings is 2. The van der Waals surface area contributed by atoms with E-state index in [-0.39, 0.29) is 5.92 Å². The van der Waals surface area contributed by atoms with Crippen molar-refractivity contribution in [3.63, 3.8) is 0 Å². The number of nitrogens with zero attached hydrogens (tertiary/aromatic N) is 3. The van der Waals surface area contributed by atoms with Crippen LogP contribution in [-0.4, -0.2) is 66.4 Å². The van der Waals surface area contributed by atoms with E-state index >= 15 is 0 Å². The first-order valence-electron chi connectivity index (χ1n) is 15.5. The third kappa shape index (κ3) is 5.07. The summed E-state index contributed by atoms with van der Waals surface area (Å²) in [6, 6.07) is 17.5. The minimum Gasteiger partial charge on any atom is -0.488 e. The molecule has 7 heteroatoms. The summed E-state index contributed by atoms with van der Waals surface area (Å²) < 4.78 is 12.1. The Morgan fingerprint density at radius 3 is 2.74 bits per heavy atom. The Morgan fingerprint density at radius 2 is 1.93 bits per heavy atom. The third-order valence-corrected chi connectivity index (χ3v) is 10.3. The Hall–Kier alpha value is -3.42. The summed E-state index contributed by atoms with van der Waals surface area (Å²) in [6.07, 6.45) is 5.26. The molecule has 7 nitrogen and oxygen atoms in total. The zero-order valence-electron chi connectivity index (χ0n) is 24.8. The molecule has 220 valence electrons. The van der Waals surface area contributed by atoms with Crippen molar-refractivity contribution in [1.29, 1.82) is 0 Å². The number of aliphatic carboxylic acids is 1. The van der Waals surface area contributed by atoms with Crippen LogP contribution in [0, 0.1) is 25.2 Å². The van der Waals surface area contributed by atoms with Crippen molar-refractivity contribution in [2.75, 3.05) is 44.3 Å². The van der Waals surface area contributed by atoms with Crippen molar-refractivity contribution in [2.24, 2.45) is 11.3 Å². The monoisotopic (exact) mass is 567 g/mol. The van der Waals surface area contributed by atoms with Gasteiger partial charge in [0.05, 0.1) is 11.1 Å². The second-order valence-electron chi connectivity index (χ2n) is 12.8. The fourth-order valence-corrected chi connectivity index (χ4v) is 7.51. The molecule has 1 aromatic heterocycles. The number of hydrogen-bond acceptors (Lipinski definition) is 6. The SMILES string of the molecule is Cc1ccc(OCc2ccc3c(c2C)CCN(C2CCOCC2)CC3)c(-c2cccc(N3CC4C[C@]4(C(=O)O)C3)n2)c1. The Morgan fingerprint density at radius 1 is 1.10 bits per heavy atom. The Bertz CT molecular complexity index is 1500.